The molecule has 9 heteroatoms. The van der Waals surface area contributed by atoms with E-state index in [0.29, 0.717) is 29.6 Å². The van der Waals surface area contributed by atoms with Crippen molar-refractivity contribution in [1.82, 2.24) is 4.90 Å². The topological polar surface area (TPSA) is 23.6 Å². The molecule has 2 aromatic carbocycles. The van der Waals surface area contributed by atoms with Gasteiger partial charge < -0.3 is 4.90 Å². The van der Waals surface area contributed by atoms with Crippen LogP contribution in [-0.2, 0) is 11.0 Å². The molecule has 1 atom stereocenters. The smallest absolute Gasteiger partial charge is 0.368 e. The zero-order chi connectivity index (χ0) is 21.2. The molecule has 1 unspecified atom stereocenters. The average Bonchev–Trinajstić information content (AvgIpc) is 2.64. The first-order valence-electron chi connectivity index (χ1n) is 8.95. The molecule has 0 bridgehead atoms. The van der Waals surface area contributed by atoms with Gasteiger partial charge in [-0.1, -0.05) is 23.4 Å². The molecule has 1 heterocycles. The second kappa shape index (κ2) is 9.16. The van der Waals surface area contributed by atoms with Crippen LogP contribution in [0.4, 0.5) is 18.9 Å². The van der Waals surface area contributed by atoms with E-state index in [2.05, 4.69) is 4.90 Å². The molecule has 0 amide bonds. The summed E-state index contributed by atoms with van der Waals surface area (Å²) in [6.45, 7) is 4.29. The van der Waals surface area contributed by atoms with E-state index < -0.39 is 11.7 Å². The summed E-state index contributed by atoms with van der Waals surface area (Å²) in [6.07, 6.45) is -4.35. The lowest BCUT2D eigenvalue weighted by Crippen LogP contribution is -2.53. The van der Waals surface area contributed by atoms with E-state index in [1.54, 1.807) is 6.07 Å². The minimum absolute atomic E-state index is 0.120. The number of halogens is 5. The first kappa shape index (κ1) is 22.3. The molecule has 0 aromatic heterocycles. The number of carbonyl (C=O) groups excluding carboxylic acids is 1. The van der Waals surface area contributed by atoms with Gasteiger partial charge in [0.2, 0.25) is 5.24 Å². The van der Waals surface area contributed by atoms with Crippen molar-refractivity contribution < 1.29 is 18.0 Å². The first-order chi connectivity index (χ1) is 13.6. The first-order valence-corrected chi connectivity index (χ1v) is 10.5. The number of anilines is 1. The third kappa shape index (κ3) is 5.81. The summed E-state index contributed by atoms with van der Waals surface area (Å²) < 4.78 is 38.4. The summed E-state index contributed by atoms with van der Waals surface area (Å²) in [5.74, 6) is 0. The Morgan fingerprint density at radius 1 is 1.17 bits per heavy atom. The molecule has 29 heavy (non-hydrogen) atoms. The Bertz CT molecular complexity index is 877. The Kier molecular flexibility index (Phi) is 7.04. The molecule has 156 valence electrons. The average molecular weight is 463 g/mol. The van der Waals surface area contributed by atoms with Crippen LogP contribution in [0.25, 0.3) is 0 Å². The SMILES string of the molecule is CC1CN(c2cc(Cl)ccc2Sc2ccc(C(F)(F)F)cc2)CCN1CC(=O)Cl. The van der Waals surface area contributed by atoms with Crippen LogP contribution in [0.2, 0.25) is 5.02 Å². The monoisotopic (exact) mass is 462 g/mol. The molecule has 2 aromatic rings. The van der Waals surface area contributed by atoms with E-state index in [9.17, 15) is 18.0 Å². The van der Waals surface area contributed by atoms with E-state index in [1.807, 2.05) is 24.0 Å². The Hall–Kier alpha value is -1.41. The minimum atomic E-state index is -4.35. The second-order valence-corrected chi connectivity index (χ2v) is 8.83. The summed E-state index contributed by atoms with van der Waals surface area (Å²) in [5, 5.41) is 0.203. The van der Waals surface area contributed by atoms with E-state index in [-0.39, 0.29) is 17.8 Å². The van der Waals surface area contributed by atoms with Crippen LogP contribution in [-0.4, -0.2) is 42.4 Å². The van der Waals surface area contributed by atoms with Crippen molar-refractivity contribution in [3.8, 4) is 0 Å². The quantitative estimate of drug-likeness (QED) is 0.524. The number of rotatable bonds is 5. The summed E-state index contributed by atoms with van der Waals surface area (Å²) in [7, 11) is 0. The zero-order valence-electron chi connectivity index (χ0n) is 15.5. The Balaban J connectivity index is 1.79. The van der Waals surface area contributed by atoms with E-state index >= 15 is 0 Å². The predicted octanol–water partition coefficient (Wildman–Crippen LogP) is 5.79. The third-order valence-corrected chi connectivity index (χ3v) is 6.19. The fourth-order valence-corrected chi connectivity index (χ4v) is 4.55. The largest absolute Gasteiger partial charge is 0.416 e. The third-order valence-electron chi connectivity index (χ3n) is 4.76. The number of piperazine rings is 1. The summed E-state index contributed by atoms with van der Waals surface area (Å²) in [6, 6.07) is 10.7. The molecule has 0 spiro atoms. The van der Waals surface area contributed by atoms with E-state index in [0.717, 1.165) is 22.7 Å². The number of benzene rings is 2. The molecule has 0 radical (unpaired) electrons. The second-order valence-electron chi connectivity index (χ2n) is 6.86. The van der Waals surface area contributed by atoms with Crippen molar-refractivity contribution >= 4 is 45.9 Å². The highest BCUT2D eigenvalue weighted by Crippen LogP contribution is 2.39. The van der Waals surface area contributed by atoms with E-state index in [1.165, 1.54) is 23.9 Å². The number of nitrogens with zero attached hydrogens (tertiary/aromatic N) is 2. The van der Waals surface area contributed by atoms with Crippen LogP contribution in [0.15, 0.2) is 52.3 Å². The number of carbonyl (C=O) groups is 1. The van der Waals surface area contributed by atoms with Gasteiger partial charge in [-0.15, -0.1) is 0 Å². The molecule has 1 aliphatic heterocycles. The summed E-state index contributed by atoms with van der Waals surface area (Å²) >= 11 is 13.1. The normalized spacial score (nSPS) is 18.1. The highest BCUT2D eigenvalue weighted by molar-refractivity contribution is 7.99. The lowest BCUT2D eigenvalue weighted by atomic mass is 10.1. The van der Waals surface area contributed by atoms with Crippen molar-refractivity contribution in [1.29, 1.82) is 0 Å². The van der Waals surface area contributed by atoms with Crippen LogP contribution in [0.3, 0.4) is 0 Å². The molecule has 1 saturated heterocycles. The molecule has 0 aliphatic carbocycles. The maximum atomic E-state index is 12.8. The van der Waals surface area contributed by atoms with Gasteiger partial charge in [0.25, 0.3) is 0 Å². The van der Waals surface area contributed by atoms with Gasteiger partial charge in [0.15, 0.2) is 0 Å². The summed E-state index contributed by atoms with van der Waals surface area (Å²) in [5.41, 5.74) is 0.253. The predicted molar refractivity (Wildman–Crippen MR) is 111 cm³/mol. The highest BCUT2D eigenvalue weighted by atomic mass is 35.5. The Morgan fingerprint density at radius 2 is 1.86 bits per heavy atom. The van der Waals surface area contributed by atoms with Crippen LogP contribution in [0.5, 0.6) is 0 Å². The van der Waals surface area contributed by atoms with Gasteiger partial charge >= 0.3 is 6.18 Å². The molecule has 0 N–H and O–H groups in total. The number of alkyl halides is 3. The fourth-order valence-electron chi connectivity index (χ4n) is 3.27. The van der Waals surface area contributed by atoms with Gasteiger partial charge in [0.05, 0.1) is 17.8 Å². The van der Waals surface area contributed by atoms with E-state index in [4.69, 9.17) is 23.2 Å². The molecule has 0 saturated carbocycles. The van der Waals surface area contributed by atoms with Gasteiger partial charge in [0.1, 0.15) is 0 Å². The van der Waals surface area contributed by atoms with Gasteiger partial charge in [-0.25, -0.2) is 0 Å². The van der Waals surface area contributed by atoms with Crippen molar-refractivity contribution in [3.05, 3.63) is 53.1 Å². The van der Waals surface area contributed by atoms with Crippen LogP contribution in [0.1, 0.15) is 12.5 Å². The lowest BCUT2D eigenvalue weighted by molar-refractivity contribution is -0.137. The fraction of sp³-hybridized carbons (Fsp3) is 0.350. The van der Waals surface area contributed by atoms with Gasteiger partial charge in [-0.05, 0) is 61.0 Å². The van der Waals surface area contributed by atoms with Crippen molar-refractivity contribution in [3.63, 3.8) is 0 Å². The van der Waals surface area contributed by atoms with Crippen molar-refractivity contribution in [2.24, 2.45) is 0 Å². The van der Waals surface area contributed by atoms with Crippen molar-refractivity contribution in [2.75, 3.05) is 31.1 Å². The van der Waals surface area contributed by atoms with Crippen LogP contribution >= 0.6 is 35.0 Å². The highest BCUT2D eigenvalue weighted by Gasteiger charge is 2.30. The Labute approximate surface area is 181 Å². The molecule has 1 aliphatic rings. The lowest BCUT2D eigenvalue weighted by Gasteiger charge is -2.41. The van der Waals surface area contributed by atoms with Gasteiger partial charge in [0, 0.05) is 40.5 Å². The zero-order valence-corrected chi connectivity index (χ0v) is 17.9. The van der Waals surface area contributed by atoms with Gasteiger partial charge in [-0.3, -0.25) is 9.69 Å². The maximum absolute atomic E-state index is 12.8. The van der Waals surface area contributed by atoms with Crippen LogP contribution in [0, 0.1) is 0 Å². The molecule has 3 nitrogen and oxygen atoms in total. The number of hydrogen-bond donors (Lipinski definition) is 0. The molecular weight excluding hydrogens is 444 g/mol. The van der Waals surface area contributed by atoms with Crippen LogP contribution < -0.4 is 4.90 Å². The Morgan fingerprint density at radius 3 is 2.45 bits per heavy atom. The van der Waals surface area contributed by atoms with Gasteiger partial charge in [-0.2, -0.15) is 13.2 Å². The number of hydrogen-bond acceptors (Lipinski definition) is 4. The standard InChI is InChI=1S/C20H19Cl2F3N2OS/c1-13-11-27(9-8-26(13)12-19(22)28)17-10-15(21)4-7-18(17)29-16-5-2-14(3-6-16)20(23,24)25/h2-7,10,13H,8-9,11-12H2,1H3. The molecule has 1 fully saturated rings. The molecule has 3 rings (SSSR count). The maximum Gasteiger partial charge on any atom is 0.416 e. The minimum Gasteiger partial charge on any atom is -0.368 e. The molecular formula is C20H19Cl2F3N2OS. The van der Waals surface area contributed by atoms with Crippen molar-refractivity contribution in [2.45, 2.75) is 28.9 Å². The summed E-state index contributed by atoms with van der Waals surface area (Å²) in [4.78, 5) is 17.0.